The Balaban J connectivity index is 1.47. The van der Waals surface area contributed by atoms with E-state index < -0.39 is 0 Å². The molecule has 2 fully saturated rings. The van der Waals surface area contributed by atoms with Crippen molar-refractivity contribution in [2.24, 2.45) is 17.8 Å². The molecule has 2 atom stereocenters. The molecule has 1 saturated heterocycles. The van der Waals surface area contributed by atoms with Gasteiger partial charge in [0.05, 0.1) is 19.1 Å². The van der Waals surface area contributed by atoms with Crippen LogP contribution in [0.4, 0.5) is 5.69 Å². The third-order valence-corrected chi connectivity index (χ3v) is 6.03. The lowest BCUT2D eigenvalue weighted by Crippen LogP contribution is -2.45. The largest absolute Gasteiger partial charge is 0.466 e. The van der Waals surface area contributed by atoms with Crippen LogP contribution < -0.4 is 5.32 Å². The predicted octanol–water partition coefficient (Wildman–Crippen LogP) is 2.15. The molecule has 1 aromatic rings. The van der Waals surface area contributed by atoms with Crippen LogP contribution in [0, 0.1) is 17.8 Å². The molecule has 3 amide bonds. The fourth-order valence-electron chi connectivity index (χ4n) is 3.84. The fourth-order valence-corrected chi connectivity index (χ4v) is 3.84. The van der Waals surface area contributed by atoms with Crippen LogP contribution in [0.3, 0.4) is 0 Å². The number of likely N-dealkylation sites (tertiary alicyclic amines) is 1. The Hall–Kier alpha value is -2.90. The SMILES string of the molecule is CCOC(=O)C1CCN(C(=O)CN(C)C(=O)c2ccc(NC(=O)C3CC3C)cc2)CC1. The molecule has 1 aliphatic heterocycles. The minimum atomic E-state index is -0.261. The third-order valence-electron chi connectivity index (χ3n) is 6.03. The molecule has 1 aliphatic carbocycles. The van der Waals surface area contributed by atoms with Gasteiger partial charge >= 0.3 is 5.97 Å². The van der Waals surface area contributed by atoms with Gasteiger partial charge in [0.25, 0.3) is 5.91 Å². The monoisotopic (exact) mass is 429 g/mol. The molecule has 2 unspecified atom stereocenters. The molecule has 0 aromatic heterocycles. The van der Waals surface area contributed by atoms with Gasteiger partial charge in [0, 0.05) is 37.3 Å². The van der Waals surface area contributed by atoms with Crippen molar-refractivity contribution in [3.63, 3.8) is 0 Å². The smallest absolute Gasteiger partial charge is 0.309 e. The molecule has 0 radical (unpaired) electrons. The Labute approximate surface area is 182 Å². The summed E-state index contributed by atoms with van der Waals surface area (Å²) in [5.41, 5.74) is 1.11. The van der Waals surface area contributed by atoms with Gasteiger partial charge in [0.1, 0.15) is 0 Å². The van der Waals surface area contributed by atoms with E-state index in [9.17, 15) is 19.2 Å². The topological polar surface area (TPSA) is 96.0 Å². The van der Waals surface area contributed by atoms with Crippen LogP contribution in [-0.2, 0) is 19.1 Å². The van der Waals surface area contributed by atoms with Crippen LogP contribution in [0.2, 0.25) is 0 Å². The second-order valence-corrected chi connectivity index (χ2v) is 8.45. The minimum Gasteiger partial charge on any atom is -0.466 e. The highest BCUT2D eigenvalue weighted by Gasteiger charge is 2.39. The Morgan fingerprint density at radius 1 is 1.13 bits per heavy atom. The lowest BCUT2D eigenvalue weighted by atomic mass is 9.97. The molecule has 8 heteroatoms. The number of anilines is 1. The van der Waals surface area contributed by atoms with Crippen LogP contribution in [0.1, 0.15) is 43.5 Å². The maximum Gasteiger partial charge on any atom is 0.309 e. The van der Waals surface area contributed by atoms with Crippen LogP contribution in [0.15, 0.2) is 24.3 Å². The number of benzene rings is 1. The average molecular weight is 430 g/mol. The van der Waals surface area contributed by atoms with Gasteiger partial charge in [-0.05, 0) is 56.4 Å². The van der Waals surface area contributed by atoms with Gasteiger partial charge in [-0.15, -0.1) is 0 Å². The summed E-state index contributed by atoms with van der Waals surface area (Å²) in [5.74, 6) is -0.229. The van der Waals surface area contributed by atoms with Crippen molar-refractivity contribution in [1.29, 1.82) is 0 Å². The number of nitrogens with zero attached hydrogens (tertiary/aromatic N) is 2. The van der Waals surface area contributed by atoms with Gasteiger partial charge in [0.15, 0.2) is 0 Å². The number of ether oxygens (including phenoxy) is 1. The molecule has 1 N–H and O–H groups in total. The number of nitrogens with one attached hydrogen (secondary N) is 1. The maximum absolute atomic E-state index is 12.7. The first-order valence-corrected chi connectivity index (χ1v) is 10.9. The highest BCUT2D eigenvalue weighted by Crippen LogP contribution is 2.38. The average Bonchev–Trinajstić information content (AvgIpc) is 3.50. The van der Waals surface area contributed by atoms with Crippen LogP contribution in [0.5, 0.6) is 0 Å². The zero-order valence-corrected chi connectivity index (χ0v) is 18.4. The molecular formula is C23H31N3O5. The van der Waals surface area contributed by atoms with E-state index in [0.717, 1.165) is 6.42 Å². The number of hydrogen-bond donors (Lipinski definition) is 1. The quantitative estimate of drug-likeness (QED) is 0.670. The summed E-state index contributed by atoms with van der Waals surface area (Å²) in [6, 6.07) is 6.71. The Morgan fingerprint density at radius 2 is 1.74 bits per heavy atom. The van der Waals surface area contributed by atoms with Gasteiger partial charge in [0.2, 0.25) is 11.8 Å². The standard InChI is InChI=1S/C23H31N3O5/c1-4-31-23(30)17-9-11-26(12-10-17)20(27)14-25(3)22(29)16-5-7-18(8-6-16)24-21(28)19-13-15(19)2/h5-8,15,17,19H,4,9-14H2,1-3H3,(H,24,28). The summed E-state index contributed by atoms with van der Waals surface area (Å²) in [7, 11) is 1.59. The second-order valence-electron chi connectivity index (χ2n) is 8.45. The molecule has 1 saturated carbocycles. The van der Waals surface area contributed by atoms with Crippen molar-refractivity contribution in [2.75, 3.05) is 38.6 Å². The molecule has 2 aliphatic rings. The van der Waals surface area contributed by atoms with Gasteiger partial charge in [-0.2, -0.15) is 0 Å². The minimum absolute atomic E-state index is 0.0148. The number of esters is 1. The number of carbonyl (C=O) groups excluding carboxylic acids is 4. The van der Waals surface area contributed by atoms with E-state index >= 15 is 0 Å². The molecular weight excluding hydrogens is 398 g/mol. The first-order valence-electron chi connectivity index (χ1n) is 10.9. The summed E-state index contributed by atoms with van der Waals surface area (Å²) >= 11 is 0. The van der Waals surface area contributed by atoms with Crippen molar-refractivity contribution in [3.05, 3.63) is 29.8 Å². The van der Waals surface area contributed by atoms with Gasteiger partial charge < -0.3 is 19.9 Å². The van der Waals surface area contributed by atoms with E-state index in [0.29, 0.717) is 49.7 Å². The predicted molar refractivity (Wildman–Crippen MR) is 115 cm³/mol. The lowest BCUT2D eigenvalue weighted by molar-refractivity contribution is -0.151. The van der Waals surface area contributed by atoms with Crippen LogP contribution in [0.25, 0.3) is 0 Å². The van der Waals surface area contributed by atoms with Crippen LogP contribution in [-0.4, -0.2) is 66.8 Å². The highest BCUT2D eigenvalue weighted by atomic mass is 16.5. The van der Waals surface area contributed by atoms with E-state index in [1.807, 2.05) is 6.92 Å². The van der Waals surface area contributed by atoms with Gasteiger partial charge in [-0.1, -0.05) is 6.92 Å². The summed E-state index contributed by atoms with van der Waals surface area (Å²) in [6.45, 7) is 5.13. The van der Waals surface area contributed by atoms with E-state index in [-0.39, 0.29) is 42.1 Å². The summed E-state index contributed by atoms with van der Waals surface area (Å²) in [6.07, 6.45) is 2.08. The number of rotatable bonds is 7. The van der Waals surface area contributed by atoms with E-state index in [1.165, 1.54) is 4.90 Å². The first kappa shape index (κ1) is 22.8. The number of likely N-dealkylation sites (N-methyl/N-ethyl adjacent to an activating group) is 1. The van der Waals surface area contributed by atoms with Gasteiger partial charge in [-0.25, -0.2) is 0 Å². The maximum atomic E-state index is 12.7. The Morgan fingerprint density at radius 3 is 2.29 bits per heavy atom. The molecule has 31 heavy (non-hydrogen) atoms. The molecule has 0 spiro atoms. The summed E-state index contributed by atoms with van der Waals surface area (Å²) < 4.78 is 5.05. The molecule has 1 heterocycles. The summed E-state index contributed by atoms with van der Waals surface area (Å²) in [4.78, 5) is 52.2. The molecule has 8 nitrogen and oxygen atoms in total. The van der Waals surface area contributed by atoms with E-state index in [1.54, 1.807) is 43.1 Å². The van der Waals surface area contributed by atoms with Crippen molar-refractivity contribution < 1.29 is 23.9 Å². The zero-order chi connectivity index (χ0) is 22.5. The third kappa shape index (κ3) is 5.83. The Kier molecular flexibility index (Phi) is 7.30. The molecule has 3 rings (SSSR count). The van der Waals surface area contributed by atoms with E-state index in [2.05, 4.69) is 5.32 Å². The Bertz CT molecular complexity index is 830. The van der Waals surface area contributed by atoms with Crippen LogP contribution >= 0.6 is 0 Å². The zero-order valence-electron chi connectivity index (χ0n) is 18.4. The number of carbonyl (C=O) groups is 4. The number of hydrogen-bond acceptors (Lipinski definition) is 5. The molecule has 1 aromatic carbocycles. The number of piperidine rings is 1. The normalized spacial score (nSPS) is 20.7. The fraction of sp³-hybridized carbons (Fsp3) is 0.565. The van der Waals surface area contributed by atoms with Crippen molar-refractivity contribution in [2.45, 2.75) is 33.1 Å². The second kappa shape index (κ2) is 9.94. The molecule has 168 valence electrons. The first-order chi connectivity index (χ1) is 14.8. The number of amides is 3. The highest BCUT2D eigenvalue weighted by molar-refractivity contribution is 5.98. The van der Waals surface area contributed by atoms with E-state index in [4.69, 9.17) is 4.74 Å². The van der Waals surface area contributed by atoms with Crippen molar-refractivity contribution in [3.8, 4) is 0 Å². The van der Waals surface area contributed by atoms with Gasteiger partial charge in [-0.3, -0.25) is 19.2 Å². The summed E-state index contributed by atoms with van der Waals surface area (Å²) in [5, 5.41) is 2.87. The van der Waals surface area contributed by atoms with Crippen molar-refractivity contribution >= 4 is 29.4 Å². The van der Waals surface area contributed by atoms with Crippen molar-refractivity contribution in [1.82, 2.24) is 9.80 Å². The lowest BCUT2D eigenvalue weighted by Gasteiger charge is -2.32. The molecule has 0 bridgehead atoms.